The van der Waals surface area contributed by atoms with Gasteiger partial charge in [-0.25, -0.2) is 4.98 Å². The average Bonchev–Trinajstić information content (AvgIpc) is 3.05. The Hall–Kier alpha value is -2.01. The minimum Gasteiger partial charge on any atom is -0.486 e. The number of nitrogens with zero attached hydrogens (tertiary/aromatic N) is 1. The van der Waals surface area contributed by atoms with Gasteiger partial charge in [0.05, 0.1) is 11.0 Å². The number of hydrogen-bond acceptors (Lipinski definition) is 4. The summed E-state index contributed by atoms with van der Waals surface area (Å²) >= 11 is 1.70. The Balaban J connectivity index is 1.74. The van der Waals surface area contributed by atoms with Crippen LogP contribution in [-0.2, 0) is 6.42 Å². The van der Waals surface area contributed by atoms with Crippen LogP contribution in [0.25, 0.3) is 11.0 Å². The van der Waals surface area contributed by atoms with Crippen molar-refractivity contribution in [2.24, 2.45) is 0 Å². The van der Waals surface area contributed by atoms with Gasteiger partial charge >= 0.3 is 0 Å². The molecule has 0 saturated heterocycles. The molecule has 4 nitrogen and oxygen atoms in total. The molecule has 5 heteroatoms. The molecule has 19 heavy (non-hydrogen) atoms. The van der Waals surface area contributed by atoms with E-state index in [0.717, 1.165) is 34.8 Å². The van der Waals surface area contributed by atoms with Crippen molar-refractivity contribution in [3.8, 4) is 11.5 Å². The number of hydrogen-bond donors (Lipinski definition) is 1. The van der Waals surface area contributed by atoms with E-state index >= 15 is 0 Å². The van der Waals surface area contributed by atoms with Crippen molar-refractivity contribution in [3.05, 3.63) is 40.3 Å². The van der Waals surface area contributed by atoms with Crippen LogP contribution < -0.4 is 9.47 Å². The number of H-pyrrole nitrogens is 1. The first-order valence-corrected chi connectivity index (χ1v) is 7.12. The number of aromatic amines is 1. The molecule has 0 saturated carbocycles. The van der Waals surface area contributed by atoms with Crippen LogP contribution in [0.5, 0.6) is 11.5 Å². The lowest BCUT2D eigenvalue weighted by Crippen LogP contribution is -2.15. The lowest BCUT2D eigenvalue weighted by molar-refractivity contribution is 0.172. The van der Waals surface area contributed by atoms with Gasteiger partial charge in [-0.2, -0.15) is 11.3 Å². The van der Waals surface area contributed by atoms with Crippen molar-refractivity contribution in [1.29, 1.82) is 0 Å². The molecule has 1 N–H and O–H groups in total. The first kappa shape index (κ1) is 10.9. The molecule has 0 bridgehead atoms. The number of thiophene rings is 1. The molecule has 4 rings (SSSR count). The lowest BCUT2D eigenvalue weighted by atomic mass is 10.2. The van der Waals surface area contributed by atoms with Crippen molar-refractivity contribution in [2.75, 3.05) is 13.2 Å². The number of imidazole rings is 1. The van der Waals surface area contributed by atoms with E-state index in [1.165, 1.54) is 5.56 Å². The molecular weight excluding hydrogens is 260 g/mol. The molecule has 1 aliphatic rings. The molecule has 3 heterocycles. The summed E-state index contributed by atoms with van der Waals surface area (Å²) in [5.74, 6) is 2.55. The molecule has 0 spiro atoms. The Kier molecular flexibility index (Phi) is 2.45. The van der Waals surface area contributed by atoms with Gasteiger partial charge in [0.15, 0.2) is 11.5 Å². The van der Waals surface area contributed by atoms with Gasteiger partial charge in [-0.1, -0.05) is 0 Å². The first-order valence-electron chi connectivity index (χ1n) is 6.18. The largest absolute Gasteiger partial charge is 0.486 e. The van der Waals surface area contributed by atoms with Crippen molar-refractivity contribution in [3.63, 3.8) is 0 Å². The maximum absolute atomic E-state index is 5.58. The lowest BCUT2D eigenvalue weighted by Gasteiger charge is -2.17. The van der Waals surface area contributed by atoms with E-state index in [1.54, 1.807) is 11.3 Å². The predicted octanol–water partition coefficient (Wildman–Crippen LogP) is 2.99. The van der Waals surface area contributed by atoms with Gasteiger partial charge in [0.1, 0.15) is 19.0 Å². The normalized spacial score (nSPS) is 13.9. The van der Waals surface area contributed by atoms with Crippen LogP contribution in [0.3, 0.4) is 0 Å². The Morgan fingerprint density at radius 3 is 2.84 bits per heavy atom. The van der Waals surface area contributed by atoms with Crippen molar-refractivity contribution in [1.82, 2.24) is 9.97 Å². The second kappa shape index (κ2) is 4.28. The topological polar surface area (TPSA) is 47.1 Å². The summed E-state index contributed by atoms with van der Waals surface area (Å²) in [5.41, 5.74) is 3.20. The summed E-state index contributed by atoms with van der Waals surface area (Å²) in [4.78, 5) is 7.95. The smallest absolute Gasteiger partial charge is 0.163 e. The fourth-order valence-corrected chi connectivity index (χ4v) is 2.94. The SMILES string of the molecule is c1cc(Cc2nc3cc4c(cc3[nH]2)OCCO4)cs1. The summed E-state index contributed by atoms with van der Waals surface area (Å²) in [6.45, 7) is 1.21. The maximum atomic E-state index is 5.58. The van der Waals surface area contributed by atoms with Gasteiger partial charge in [-0.05, 0) is 22.4 Å². The van der Waals surface area contributed by atoms with E-state index in [4.69, 9.17) is 9.47 Å². The molecular formula is C14H12N2O2S. The van der Waals surface area contributed by atoms with E-state index in [-0.39, 0.29) is 0 Å². The fourth-order valence-electron chi connectivity index (χ4n) is 2.27. The third kappa shape index (κ3) is 1.96. The van der Waals surface area contributed by atoms with Gasteiger partial charge in [0.25, 0.3) is 0 Å². The van der Waals surface area contributed by atoms with Crippen LogP contribution in [0.15, 0.2) is 29.0 Å². The molecule has 1 aromatic carbocycles. The van der Waals surface area contributed by atoms with E-state index in [9.17, 15) is 0 Å². The number of benzene rings is 1. The van der Waals surface area contributed by atoms with Gasteiger partial charge in [-0.15, -0.1) is 0 Å². The highest BCUT2D eigenvalue weighted by molar-refractivity contribution is 7.07. The third-order valence-electron chi connectivity index (χ3n) is 3.15. The van der Waals surface area contributed by atoms with Crippen LogP contribution >= 0.6 is 11.3 Å². The van der Waals surface area contributed by atoms with Crippen LogP contribution in [0.4, 0.5) is 0 Å². The monoisotopic (exact) mass is 272 g/mol. The summed E-state index contributed by atoms with van der Waals surface area (Å²) in [5, 5.41) is 4.23. The summed E-state index contributed by atoms with van der Waals surface area (Å²) in [6, 6.07) is 6.03. The van der Waals surface area contributed by atoms with Gasteiger partial charge in [0, 0.05) is 18.6 Å². The Bertz CT molecular complexity index is 675. The zero-order valence-electron chi connectivity index (χ0n) is 10.2. The fraction of sp³-hybridized carbons (Fsp3) is 0.214. The number of fused-ring (bicyclic) bond motifs is 2. The van der Waals surface area contributed by atoms with E-state index in [2.05, 4.69) is 26.8 Å². The maximum Gasteiger partial charge on any atom is 0.163 e. The van der Waals surface area contributed by atoms with E-state index in [0.29, 0.717) is 13.2 Å². The molecule has 0 unspecified atom stereocenters. The van der Waals surface area contributed by atoms with Crippen LogP contribution in [0.2, 0.25) is 0 Å². The highest BCUT2D eigenvalue weighted by Crippen LogP contribution is 2.33. The molecule has 3 aromatic rings. The Morgan fingerprint density at radius 1 is 1.21 bits per heavy atom. The standard InChI is InChI=1S/C14H12N2O2S/c1-4-19-8-9(1)5-14-15-10-6-12-13(7-11(10)16-14)18-3-2-17-12/h1,4,6-8H,2-3,5H2,(H,15,16). The number of rotatable bonds is 2. The Morgan fingerprint density at radius 2 is 2.05 bits per heavy atom. The van der Waals surface area contributed by atoms with Crippen LogP contribution in [0, 0.1) is 0 Å². The molecule has 0 fully saturated rings. The average molecular weight is 272 g/mol. The second-order valence-corrected chi connectivity index (χ2v) is 5.28. The molecule has 0 aliphatic carbocycles. The quantitative estimate of drug-likeness (QED) is 0.780. The number of ether oxygens (including phenoxy) is 2. The van der Waals surface area contributed by atoms with Crippen molar-refractivity contribution < 1.29 is 9.47 Å². The highest BCUT2D eigenvalue weighted by Gasteiger charge is 2.14. The van der Waals surface area contributed by atoms with Crippen LogP contribution in [-0.4, -0.2) is 23.2 Å². The minimum atomic E-state index is 0.602. The van der Waals surface area contributed by atoms with Gasteiger partial charge in [-0.3, -0.25) is 0 Å². The highest BCUT2D eigenvalue weighted by atomic mass is 32.1. The van der Waals surface area contributed by atoms with Crippen LogP contribution in [0.1, 0.15) is 11.4 Å². The Labute approximate surface area is 114 Å². The number of aromatic nitrogens is 2. The summed E-state index contributed by atoms with van der Waals surface area (Å²) in [7, 11) is 0. The van der Waals surface area contributed by atoms with E-state index in [1.807, 2.05) is 12.1 Å². The minimum absolute atomic E-state index is 0.602. The molecule has 0 amide bonds. The predicted molar refractivity (Wildman–Crippen MR) is 74.2 cm³/mol. The summed E-state index contributed by atoms with van der Waals surface area (Å²) in [6.07, 6.45) is 0.824. The zero-order valence-corrected chi connectivity index (χ0v) is 11.0. The van der Waals surface area contributed by atoms with E-state index < -0.39 is 0 Å². The molecule has 0 atom stereocenters. The third-order valence-corrected chi connectivity index (χ3v) is 3.88. The summed E-state index contributed by atoms with van der Waals surface area (Å²) < 4.78 is 11.1. The molecule has 2 aromatic heterocycles. The van der Waals surface area contributed by atoms with Crippen molar-refractivity contribution in [2.45, 2.75) is 6.42 Å². The second-order valence-electron chi connectivity index (χ2n) is 4.50. The zero-order chi connectivity index (χ0) is 12.7. The molecule has 96 valence electrons. The van der Waals surface area contributed by atoms with Gasteiger partial charge < -0.3 is 14.5 Å². The number of nitrogens with one attached hydrogen (secondary N) is 1. The van der Waals surface area contributed by atoms with Crippen molar-refractivity contribution >= 4 is 22.4 Å². The van der Waals surface area contributed by atoms with Gasteiger partial charge in [0.2, 0.25) is 0 Å². The first-order chi connectivity index (χ1) is 9.38. The molecule has 1 aliphatic heterocycles. The molecule has 0 radical (unpaired) electrons.